The molecule has 3 rings (SSSR count). The molecule has 4 nitrogen and oxygen atoms in total. The number of amides is 1. The van der Waals surface area contributed by atoms with E-state index < -0.39 is 0 Å². The summed E-state index contributed by atoms with van der Waals surface area (Å²) in [5.41, 5.74) is 3.50. The molecule has 24 heavy (non-hydrogen) atoms. The van der Waals surface area contributed by atoms with E-state index in [4.69, 9.17) is 0 Å². The van der Waals surface area contributed by atoms with Gasteiger partial charge in [0.15, 0.2) is 0 Å². The largest absolute Gasteiger partial charge is 0.372 e. The maximum absolute atomic E-state index is 12.1. The predicted molar refractivity (Wildman–Crippen MR) is 99.1 cm³/mol. The van der Waals surface area contributed by atoms with Crippen molar-refractivity contribution in [3.63, 3.8) is 0 Å². The van der Waals surface area contributed by atoms with Crippen LogP contribution in [0.2, 0.25) is 0 Å². The minimum absolute atomic E-state index is 0.165. The highest BCUT2D eigenvalue weighted by Crippen LogP contribution is 2.19. The number of carbonyl (C=O) groups excluding carboxylic acids is 1. The molecule has 0 bridgehead atoms. The van der Waals surface area contributed by atoms with Crippen molar-refractivity contribution >= 4 is 23.5 Å². The molecular weight excluding hydrogens is 298 g/mol. The van der Waals surface area contributed by atoms with Crippen LogP contribution in [0.25, 0.3) is 6.08 Å². The monoisotopic (exact) mass is 319 g/mol. The lowest BCUT2D eigenvalue weighted by atomic mass is 10.1. The standard InChI is InChI=1S/C20H21N3O/c1-3-23(4-2)17-12-10-15(11-13-17)14-18-20(24)22-19(21-18)16-8-6-5-7-9-16/h5-14H,3-4H2,1-2H3,(H,21,22,24)/b18-14-. The number of rotatable bonds is 5. The highest BCUT2D eigenvalue weighted by Gasteiger charge is 2.20. The Labute approximate surface area is 142 Å². The Balaban J connectivity index is 1.83. The van der Waals surface area contributed by atoms with Crippen LogP contribution in [0, 0.1) is 0 Å². The summed E-state index contributed by atoms with van der Waals surface area (Å²) in [6.45, 7) is 6.23. The van der Waals surface area contributed by atoms with Gasteiger partial charge in [-0.05, 0) is 37.6 Å². The van der Waals surface area contributed by atoms with Gasteiger partial charge in [0.1, 0.15) is 11.5 Å². The lowest BCUT2D eigenvalue weighted by Gasteiger charge is -2.20. The molecule has 0 fully saturated rings. The van der Waals surface area contributed by atoms with Crippen molar-refractivity contribution in [2.45, 2.75) is 13.8 Å². The number of anilines is 1. The van der Waals surface area contributed by atoms with Gasteiger partial charge in [-0.2, -0.15) is 0 Å². The fourth-order valence-corrected chi connectivity index (χ4v) is 2.73. The highest BCUT2D eigenvalue weighted by molar-refractivity contribution is 6.19. The van der Waals surface area contributed by atoms with Crippen LogP contribution in [-0.2, 0) is 4.79 Å². The Kier molecular flexibility index (Phi) is 4.75. The van der Waals surface area contributed by atoms with E-state index in [1.165, 1.54) is 5.69 Å². The summed E-state index contributed by atoms with van der Waals surface area (Å²) in [7, 11) is 0. The topological polar surface area (TPSA) is 44.7 Å². The molecule has 1 aliphatic rings. The zero-order valence-electron chi connectivity index (χ0n) is 14.0. The molecule has 122 valence electrons. The lowest BCUT2D eigenvalue weighted by molar-refractivity contribution is -0.115. The Morgan fingerprint density at radius 2 is 1.67 bits per heavy atom. The Morgan fingerprint density at radius 3 is 2.29 bits per heavy atom. The quantitative estimate of drug-likeness (QED) is 0.858. The SMILES string of the molecule is CCN(CC)c1ccc(/C=C2\N=C(c3ccccc3)NC2=O)cc1. The number of nitrogens with one attached hydrogen (secondary N) is 1. The van der Waals surface area contributed by atoms with Crippen LogP contribution in [0.4, 0.5) is 5.69 Å². The van der Waals surface area contributed by atoms with Gasteiger partial charge in [-0.1, -0.05) is 42.5 Å². The van der Waals surface area contributed by atoms with Crippen LogP contribution in [-0.4, -0.2) is 24.8 Å². The molecule has 0 aromatic heterocycles. The predicted octanol–water partition coefficient (Wildman–Crippen LogP) is 3.45. The van der Waals surface area contributed by atoms with Gasteiger partial charge in [0.25, 0.3) is 5.91 Å². The summed E-state index contributed by atoms with van der Waals surface area (Å²) >= 11 is 0. The first kappa shape index (κ1) is 16.0. The zero-order chi connectivity index (χ0) is 16.9. The molecule has 1 aliphatic heterocycles. The van der Waals surface area contributed by atoms with Crippen LogP contribution < -0.4 is 10.2 Å². The van der Waals surface area contributed by atoms with E-state index in [0.29, 0.717) is 11.5 Å². The van der Waals surface area contributed by atoms with Crippen molar-refractivity contribution in [2.75, 3.05) is 18.0 Å². The third-order valence-corrected chi connectivity index (χ3v) is 4.07. The number of amidine groups is 1. The number of carbonyl (C=O) groups is 1. The lowest BCUT2D eigenvalue weighted by Crippen LogP contribution is -2.24. The molecule has 0 aliphatic carbocycles. The van der Waals surface area contributed by atoms with Gasteiger partial charge in [-0.15, -0.1) is 0 Å². The first-order valence-corrected chi connectivity index (χ1v) is 8.23. The summed E-state index contributed by atoms with van der Waals surface area (Å²) in [4.78, 5) is 18.8. The van der Waals surface area contributed by atoms with Crippen molar-refractivity contribution in [3.05, 3.63) is 71.4 Å². The molecule has 2 aromatic carbocycles. The number of nitrogens with zero attached hydrogens (tertiary/aromatic N) is 2. The molecule has 0 spiro atoms. The second-order valence-corrected chi connectivity index (χ2v) is 5.57. The van der Waals surface area contributed by atoms with Crippen molar-refractivity contribution in [1.29, 1.82) is 0 Å². The molecule has 2 aromatic rings. The third kappa shape index (κ3) is 3.38. The number of aliphatic imine (C=N–C) groups is 1. The van der Waals surface area contributed by atoms with E-state index in [9.17, 15) is 4.79 Å². The van der Waals surface area contributed by atoms with Crippen molar-refractivity contribution in [2.24, 2.45) is 4.99 Å². The fourth-order valence-electron chi connectivity index (χ4n) is 2.73. The molecule has 4 heteroatoms. The maximum atomic E-state index is 12.1. The van der Waals surface area contributed by atoms with E-state index in [1.54, 1.807) is 0 Å². The minimum atomic E-state index is -0.165. The smallest absolute Gasteiger partial charge is 0.275 e. The third-order valence-electron chi connectivity index (χ3n) is 4.07. The summed E-state index contributed by atoms with van der Waals surface area (Å²) in [5.74, 6) is 0.438. The van der Waals surface area contributed by atoms with Gasteiger partial charge < -0.3 is 10.2 Å². The Morgan fingerprint density at radius 1 is 1.00 bits per heavy atom. The van der Waals surface area contributed by atoms with Gasteiger partial charge in [0.05, 0.1) is 0 Å². The van der Waals surface area contributed by atoms with Gasteiger partial charge >= 0.3 is 0 Å². The average Bonchev–Trinajstić information content (AvgIpc) is 2.99. The van der Waals surface area contributed by atoms with Gasteiger partial charge in [-0.3, -0.25) is 4.79 Å². The van der Waals surface area contributed by atoms with Crippen LogP contribution >= 0.6 is 0 Å². The van der Waals surface area contributed by atoms with E-state index in [1.807, 2.05) is 48.5 Å². The number of hydrogen-bond donors (Lipinski definition) is 1. The zero-order valence-corrected chi connectivity index (χ0v) is 14.0. The molecular formula is C20H21N3O. The van der Waals surface area contributed by atoms with Crippen LogP contribution in [0.1, 0.15) is 25.0 Å². The molecule has 0 unspecified atom stereocenters. The second kappa shape index (κ2) is 7.13. The van der Waals surface area contributed by atoms with Crippen molar-refractivity contribution in [3.8, 4) is 0 Å². The molecule has 1 N–H and O–H groups in total. The second-order valence-electron chi connectivity index (χ2n) is 5.57. The summed E-state index contributed by atoms with van der Waals surface area (Å²) in [5, 5.41) is 2.82. The van der Waals surface area contributed by atoms with Gasteiger partial charge in [-0.25, -0.2) is 4.99 Å². The normalized spacial score (nSPS) is 15.3. The van der Waals surface area contributed by atoms with Crippen LogP contribution in [0.5, 0.6) is 0 Å². The molecule has 1 heterocycles. The first-order valence-electron chi connectivity index (χ1n) is 8.23. The average molecular weight is 319 g/mol. The molecule has 0 radical (unpaired) electrons. The summed E-state index contributed by atoms with van der Waals surface area (Å²) in [6, 6.07) is 17.8. The number of hydrogen-bond acceptors (Lipinski definition) is 3. The molecule has 0 saturated heterocycles. The van der Waals surface area contributed by atoms with E-state index in [0.717, 1.165) is 24.2 Å². The van der Waals surface area contributed by atoms with E-state index in [-0.39, 0.29) is 5.91 Å². The molecule has 0 saturated carbocycles. The summed E-state index contributed by atoms with van der Waals surface area (Å²) in [6.07, 6.45) is 1.82. The fraction of sp³-hybridized carbons (Fsp3) is 0.200. The van der Waals surface area contributed by atoms with Crippen LogP contribution in [0.15, 0.2) is 65.3 Å². The Hall–Kier alpha value is -2.88. The molecule has 0 atom stereocenters. The van der Waals surface area contributed by atoms with E-state index >= 15 is 0 Å². The minimum Gasteiger partial charge on any atom is -0.372 e. The maximum Gasteiger partial charge on any atom is 0.275 e. The highest BCUT2D eigenvalue weighted by atomic mass is 16.2. The molecule has 1 amide bonds. The summed E-state index contributed by atoms with van der Waals surface area (Å²) < 4.78 is 0. The van der Waals surface area contributed by atoms with Gasteiger partial charge in [0, 0.05) is 24.3 Å². The van der Waals surface area contributed by atoms with Crippen LogP contribution in [0.3, 0.4) is 0 Å². The van der Waals surface area contributed by atoms with Gasteiger partial charge in [0.2, 0.25) is 0 Å². The van der Waals surface area contributed by atoms with E-state index in [2.05, 4.69) is 41.2 Å². The first-order chi connectivity index (χ1) is 11.7. The van der Waals surface area contributed by atoms with Crippen molar-refractivity contribution in [1.82, 2.24) is 5.32 Å². The Bertz CT molecular complexity index is 772. The van der Waals surface area contributed by atoms with Crippen molar-refractivity contribution < 1.29 is 4.79 Å². The number of benzene rings is 2.